The van der Waals surface area contributed by atoms with Gasteiger partial charge in [0.15, 0.2) is 52.4 Å². The standard InChI is InChI=1S/C18H19F4N7O.C17H17F4N7O.2C14H13F3N8O.C14H12F3N7O/c1-9(2)17(3,16(30)26-7-18(20,21)22)29-15-12(19)6-25-14(28-15)11-5-24-13-10(11)4-23-8-27-13;1-3-16(2,15(29)25-7-17(19,20)21)28-14-11(18)6-24-13(27-14)10-5-23-12-9(10)4-22-8-26-12;2*1-7(12(26)20-4-14(15,16)17)24-13-23-6-22-11(25-13)9-3-19-10-8(9)2-18-5-21-10;15-14(16,17)6-22-11(25)5-20-10-1-2-19-13(24-10)9-4-21-12-8(9)3-18-7-23-12/h4-6,8-9H,7H2,1-3H3,(H,26,30)(H,23,24,27)(H,25,28,29);4-6,8H,3,7H2,1-2H3,(H,25,29)(H,22,23,26)(H,24,27,28);2*2-3,5-7H,4H2,1H3,(H,20,26)(H,18,19,21)(H,22,23,24,25);1-4,7H,5-6H2,(H,22,25)(H,18,21,23)(H,19,20,24)/t17-;16-;2*7-;/m0010./s1. The fraction of sp³-hybridized carbons (Fsp3) is 0.312. The molecule has 716 valence electrons. The molecule has 0 radical (unpaired) electrons. The Kier molecular flexibility index (Phi) is 31.5. The number of rotatable bonds is 27. The van der Waals surface area contributed by atoms with Crippen LogP contribution in [0, 0.1) is 17.6 Å². The minimum absolute atomic E-state index is 0.0517. The molecule has 4 atom stereocenters. The number of aromatic nitrogens is 27. The molecule has 0 unspecified atom stereocenters. The maximum Gasteiger partial charge on any atom is 0.405 e. The normalized spacial score (nSPS) is 13.0. The summed E-state index contributed by atoms with van der Waals surface area (Å²) >= 11 is 0. The average Bonchev–Trinajstić information content (AvgIpc) is 1.79. The van der Waals surface area contributed by atoms with Crippen molar-refractivity contribution in [1.82, 2.24) is 161 Å². The highest BCUT2D eigenvalue weighted by molar-refractivity contribution is 5.96. The van der Waals surface area contributed by atoms with E-state index in [0.717, 1.165) is 17.8 Å². The molecule has 136 heavy (non-hydrogen) atoms. The first-order chi connectivity index (χ1) is 64.2. The van der Waals surface area contributed by atoms with E-state index in [1.54, 1.807) is 91.6 Å². The van der Waals surface area contributed by atoms with Crippen molar-refractivity contribution in [3.8, 4) is 56.9 Å². The van der Waals surface area contributed by atoms with Gasteiger partial charge in [0.05, 0.1) is 18.9 Å². The van der Waals surface area contributed by atoms with E-state index in [4.69, 9.17) is 0 Å². The molecule has 0 saturated heterocycles. The fourth-order valence-corrected chi connectivity index (χ4v) is 11.6. The van der Waals surface area contributed by atoms with Gasteiger partial charge in [-0.3, -0.25) is 24.0 Å². The third kappa shape index (κ3) is 27.4. The van der Waals surface area contributed by atoms with Gasteiger partial charge in [-0.15, -0.1) is 0 Å². The Bertz CT molecular complexity index is 6520. The number of carbonyl (C=O) groups is 5. The van der Waals surface area contributed by atoms with Crippen LogP contribution in [0.3, 0.4) is 0 Å². The van der Waals surface area contributed by atoms with Gasteiger partial charge in [0.1, 0.15) is 134 Å². The highest BCUT2D eigenvalue weighted by Crippen LogP contribution is 2.34. The van der Waals surface area contributed by atoms with Crippen LogP contribution in [0.2, 0.25) is 0 Å². The highest BCUT2D eigenvalue weighted by Gasteiger charge is 2.41. The topological polar surface area (TPSA) is 568 Å². The summed E-state index contributed by atoms with van der Waals surface area (Å²) in [6, 6.07) is -0.441. The molecule has 0 aromatic carbocycles. The zero-order chi connectivity index (χ0) is 98.7. The van der Waals surface area contributed by atoms with Gasteiger partial charge in [0.25, 0.3) is 0 Å². The lowest BCUT2D eigenvalue weighted by atomic mass is 9.87. The van der Waals surface area contributed by atoms with Crippen LogP contribution in [0.1, 0.15) is 54.9 Å². The summed E-state index contributed by atoms with van der Waals surface area (Å²) in [5.74, 6) is -5.53. The predicted octanol–water partition coefficient (Wildman–Crippen LogP) is 9.96. The van der Waals surface area contributed by atoms with Crippen LogP contribution in [0.25, 0.3) is 112 Å². The molecular weight excluding hydrogens is 1850 g/mol. The number of halogens is 17. The lowest BCUT2D eigenvalue weighted by Gasteiger charge is -2.34. The smallest absolute Gasteiger partial charge is 0.361 e. The molecule has 0 saturated carbocycles. The molecule has 0 aliphatic rings. The lowest BCUT2D eigenvalue weighted by Crippen LogP contribution is -2.55. The van der Waals surface area contributed by atoms with Crippen molar-refractivity contribution in [3.63, 3.8) is 0 Å². The van der Waals surface area contributed by atoms with Gasteiger partial charge in [-0.2, -0.15) is 75.8 Å². The molecule has 0 fully saturated rings. The molecule has 15 aromatic heterocycles. The number of carbonyl (C=O) groups excluding carboxylic acids is 5. The molecule has 15 aromatic rings. The SMILES string of the molecule is CC(C)[C@](C)(Nc1nc(-c2c[nH]c3ncncc23)ncc1F)C(=O)NCC(F)(F)F.CC[C@](C)(Nc1nc(-c2c[nH]c3ncncc23)ncc1F)C(=O)NCC(F)(F)F.C[C@@H](Nc1ncnc(-c2c[nH]c3ncncc23)n1)C(=O)NCC(F)(F)F.C[C@H](Nc1ncnc(-c2c[nH]c3ncncc23)n1)C(=O)NCC(F)(F)F.O=C(CNc1ccnc(-c2c[nH]c3ncncc23)n1)NCC(F)(F)F. The molecule has 0 spiro atoms. The summed E-state index contributed by atoms with van der Waals surface area (Å²) in [5.41, 5.74) is 2.71. The summed E-state index contributed by atoms with van der Waals surface area (Å²) in [4.78, 5) is 163. The second-order valence-corrected chi connectivity index (χ2v) is 29.3. The van der Waals surface area contributed by atoms with E-state index in [0.29, 0.717) is 101 Å². The summed E-state index contributed by atoms with van der Waals surface area (Å²) in [6.07, 6.45) is 6.21. The average molecular weight is 1920 g/mol. The van der Waals surface area contributed by atoms with Crippen LogP contribution in [-0.2, 0) is 24.0 Å². The lowest BCUT2D eigenvalue weighted by molar-refractivity contribution is -0.141. The first-order valence-electron chi connectivity index (χ1n) is 39.4. The van der Waals surface area contributed by atoms with E-state index in [9.17, 15) is 98.6 Å². The van der Waals surface area contributed by atoms with Crippen LogP contribution in [0.4, 0.5) is 104 Å². The zero-order valence-electron chi connectivity index (χ0n) is 71.1. The maximum atomic E-state index is 14.4. The van der Waals surface area contributed by atoms with Gasteiger partial charge in [-0.1, -0.05) is 20.8 Å². The number of anilines is 5. The number of hydrogen-bond acceptors (Lipinski definition) is 32. The first kappa shape index (κ1) is 100. The Morgan fingerprint density at radius 2 is 0.691 bits per heavy atom. The monoisotopic (exact) mass is 1920 g/mol. The molecule has 0 aliphatic heterocycles. The van der Waals surface area contributed by atoms with Crippen molar-refractivity contribution >= 4 is 114 Å². The summed E-state index contributed by atoms with van der Waals surface area (Å²) in [5, 5.41) is 25.5. The second kappa shape index (κ2) is 42.8. The van der Waals surface area contributed by atoms with Crippen molar-refractivity contribution in [3.05, 3.63) is 143 Å². The molecule has 15 N–H and O–H groups in total. The van der Waals surface area contributed by atoms with Gasteiger partial charge in [-0.25, -0.2) is 108 Å². The molecule has 59 heteroatoms. The van der Waals surface area contributed by atoms with Gasteiger partial charge >= 0.3 is 30.9 Å². The molecule has 0 aliphatic carbocycles. The fourth-order valence-electron chi connectivity index (χ4n) is 11.6. The van der Waals surface area contributed by atoms with E-state index >= 15 is 0 Å². The summed E-state index contributed by atoms with van der Waals surface area (Å²) < 4.78 is 213. The Morgan fingerprint density at radius 1 is 0.368 bits per heavy atom. The number of fused-ring (bicyclic) bond motifs is 5. The highest BCUT2D eigenvalue weighted by atomic mass is 19.4. The predicted molar refractivity (Wildman–Crippen MR) is 449 cm³/mol. The van der Waals surface area contributed by atoms with Gasteiger partial charge in [0, 0.05) is 123 Å². The zero-order valence-corrected chi connectivity index (χ0v) is 71.1. The molecule has 0 bridgehead atoms. The van der Waals surface area contributed by atoms with Gasteiger partial charge < -0.3 is 78.1 Å². The third-order valence-electron chi connectivity index (χ3n) is 19.1. The molecule has 42 nitrogen and oxygen atoms in total. The van der Waals surface area contributed by atoms with Crippen LogP contribution >= 0.6 is 0 Å². The number of H-pyrrole nitrogens is 5. The van der Waals surface area contributed by atoms with Crippen molar-refractivity contribution in [2.75, 3.05) is 65.9 Å². The Labute approximate surface area is 751 Å². The van der Waals surface area contributed by atoms with E-state index in [2.05, 4.69) is 161 Å². The van der Waals surface area contributed by atoms with Gasteiger partial charge in [0.2, 0.25) is 41.4 Å². The van der Waals surface area contributed by atoms with E-state index in [-0.39, 0.29) is 48.1 Å². The molecular formula is C77H74F17N37O5. The number of amides is 5. The van der Waals surface area contributed by atoms with E-state index in [1.807, 2.05) is 5.32 Å². The largest absolute Gasteiger partial charge is 0.405 e. The van der Waals surface area contributed by atoms with Gasteiger partial charge in [-0.05, 0) is 46.1 Å². The minimum atomic E-state index is -4.57. The third-order valence-corrected chi connectivity index (χ3v) is 19.1. The van der Waals surface area contributed by atoms with E-state index in [1.165, 1.54) is 96.6 Å². The summed E-state index contributed by atoms with van der Waals surface area (Å²) in [6.45, 7) is 2.84. The van der Waals surface area contributed by atoms with Crippen LogP contribution in [-0.4, -0.2) is 257 Å². The van der Waals surface area contributed by atoms with E-state index < -0.39 is 134 Å². The summed E-state index contributed by atoms with van der Waals surface area (Å²) in [7, 11) is 0. The quantitative estimate of drug-likeness (QED) is 0.0213. The number of aromatic amines is 5. The number of hydrogen-bond donors (Lipinski definition) is 15. The van der Waals surface area contributed by atoms with Crippen molar-refractivity contribution in [2.24, 2.45) is 5.92 Å². The number of nitrogens with zero attached hydrogens (tertiary/aromatic N) is 22. The van der Waals surface area contributed by atoms with Crippen molar-refractivity contribution in [1.29, 1.82) is 0 Å². The van der Waals surface area contributed by atoms with Crippen molar-refractivity contribution in [2.45, 2.75) is 109 Å². The number of nitrogens with one attached hydrogen (secondary N) is 15. The first-order valence-corrected chi connectivity index (χ1v) is 39.4. The molecule has 15 heterocycles. The Balaban J connectivity index is 0.000000164. The molecule has 5 amide bonds. The maximum absolute atomic E-state index is 14.4. The Morgan fingerprint density at radius 3 is 1.04 bits per heavy atom. The number of alkyl halides is 15. The van der Waals surface area contributed by atoms with Crippen LogP contribution < -0.4 is 53.2 Å². The second-order valence-electron chi connectivity index (χ2n) is 29.3. The van der Waals surface area contributed by atoms with Crippen molar-refractivity contribution < 1.29 is 98.6 Å². The Hall–Kier alpha value is -16.5. The minimum Gasteiger partial charge on any atom is -0.361 e. The van der Waals surface area contributed by atoms with Crippen LogP contribution in [0.15, 0.2) is 131 Å². The van der Waals surface area contributed by atoms with Crippen LogP contribution in [0.5, 0.6) is 0 Å². The molecule has 15 rings (SSSR count).